The quantitative estimate of drug-likeness (QED) is 0.871. The Balaban J connectivity index is 2.70. The van der Waals surface area contributed by atoms with Crippen molar-refractivity contribution in [3.63, 3.8) is 0 Å². The lowest BCUT2D eigenvalue weighted by molar-refractivity contribution is -0.309. The van der Waals surface area contributed by atoms with E-state index in [1.165, 1.54) is 0 Å². The lowest BCUT2D eigenvalue weighted by Gasteiger charge is -2.25. The number of hydrogen-bond acceptors (Lipinski definition) is 3. The molecule has 2 atom stereocenters. The van der Waals surface area contributed by atoms with Crippen molar-refractivity contribution in [1.82, 2.24) is 5.32 Å². The largest absolute Gasteiger partial charge is 0.548 e. The molecule has 110 valence electrons. The molecule has 0 saturated carbocycles. The van der Waals surface area contributed by atoms with Gasteiger partial charge in [0.05, 0.1) is 12.0 Å². The van der Waals surface area contributed by atoms with Gasteiger partial charge in [0.15, 0.2) is 0 Å². The molecule has 0 aliphatic rings. The van der Waals surface area contributed by atoms with E-state index in [-0.39, 0.29) is 5.92 Å². The lowest BCUT2D eigenvalue weighted by Crippen LogP contribution is -2.52. The van der Waals surface area contributed by atoms with Crippen LogP contribution in [0, 0.1) is 12.8 Å². The molecule has 0 saturated heterocycles. The first-order chi connectivity index (χ1) is 9.35. The third kappa shape index (κ3) is 4.42. The minimum Gasteiger partial charge on any atom is -0.548 e. The van der Waals surface area contributed by atoms with Gasteiger partial charge in [-0.15, -0.1) is 0 Å². The third-order valence-electron chi connectivity index (χ3n) is 3.18. The van der Waals surface area contributed by atoms with Crippen molar-refractivity contribution in [2.75, 3.05) is 5.32 Å². The summed E-state index contributed by atoms with van der Waals surface area (Å²) in [6, 6.07) is 3.44. The normalized spacial score (nSPS) is 13.4. The molecule has 0 aliphatic carbocycles. The van der Waals surface area contributed by atoms with Gasteiger partial charge in [0, 0.05) is 10.7 Å². The van der Waals surface area contributed by atoms with Gasteiger partial charge in [-0.2, -0.15) is 0 Å². The molecule has 1 aromatic carbocycles. The van der Waals surface area contributed by atoms with Gasteiger partial charge in [0.2, 0.25) is 0 Å². The van der Waals surface area contributed by atoms with Crippen LogP contribution in [0.4, 0.5) is 10.5 Å². The Labute approximate surface area is 123 Å². The summed E-state index contributed by atoms with van der Waals surface area (Å²) >= 11 is 5.95. The fraction of sp³-hybridized carbons (Fsp3) is 0.429. The molecule has 0 heterocycles. The number of carbonyl (C=O) groups is 2. The summed E-state index contributed by atoms with van der Waals surface area (Å²) in [5, 5.41) is 16.5. The molecule has 20 heavy (non-hydrogen) atoms. The van der Waals surface area contributed by atoms with Crippen molar-refractivity contribution in [3.05, 3.63) is 28.8 Å². The van der Waals surface area contributed by atoms with Crippen LogP contribution in [0.15, 0.2) is 18.2 Å². The first kappa shape index (κ1) is 16.3. The van der Waals surface area contributed by atoms with E-state index >= 15 is 0 Å². The Morgan fingerprint density at radius 2 is 2.05 bits per heavy atom. The van der Waals surface area contributed by atoms with Gasteiger partial charge in [-0.1, -0.05) is 37.9 Å². The summed E-state index contributed by atoms with van der Waals surface area (Å²) < 4.78 is 0. The van der Waals surface area contributed by atoms with Crippen molar-refractivity contribution in [2.45, 2.75) is 33.2 Å². The number of aryl methyl sites for hydroxylation is 1. The molecule has 0 aromatic heterocycles. The smallest absolute Gasteiger partial charge is 0.319 e. The number of hydrogen-bond donors (Lipinski definition) is 2. The topological polar surface area (TPSA) is 81.3 Å². The maximum Gasteiger partial charge on any atom is 0.319 e. The number of benzene rings is 1. The van der Waals surface area contributed by atoms with Gasteiger partial charge >= 0.3 is 6.03 Å². The summed E-state index contributed by atoms with van der Waals surface area (Å²) in [5.41, 5.74) is 1.39. The van der Waals surface area contributed by atoms with Crippen LogP contribution in [-0.4, -0.2) is 18.0 Å². The number of urea groups is 1. The maximum atomic E-state index is 11.8. The van der Waals surface area contributed by atoms with E-state index in [1.807, 2.05) is 13.8 Å². The van der Waals surface area contributed by atoms with E-state index in [4.69, 9.17) is 11.6 Å². The Hall–Kier alpha value is -1.75. The van der Waals surface area contributed by atoms with Gasteiger partial charge in [0.25, 0.3) is 0 Å². The fourth-order valence-corrected chi connectivity index (χ4v) is 1.83. The first-order valence-corrected chi connectivity index (χ1v) is 6.77. The molecular weight excluding hydrogens is 280 g/mol. The third-order valence-corrected chi connectivity index (χ3v) is 3.59. The fourth-order valence-electron chi connectivity index (χ4n) is 1.65. The molecule has 0 aliphatic heterocycles. The second kappa shape index (κ2) is 7.14. The number of nitrogens with one attached hydrogen (secondary N) is 2. The van der Waals surface area contributed by atoms with Crippen molar-refractivity contribution in [1.29, 1.82) is 0 Å². The molecule has 1 rings (SSSR count). The van der Waals surface area contributed by atoms with Crippen molar-refractivity contribution < 1.29 is 14.7 Å². The Morgan fingerprint density at radius 3 is 2.55 bits per heavy atom. The Kier molecular flexibility index (Phi) is 5.82. The van der Waals surface area contributed by atoms with Crippen LogP contribution < -0.4 is 15.7 Å². The highest BCUT2D eigenvalue weighted by Crippen LogP contribution is 2.19. The van der Waals surface area contributed by atoms with Crippen LogP contribution in [0.25, 0.3) is 0 Å². The molecule has 6 heteroatoms. The second-order valence-corrected chi connectivity index (χ2v) is 5.15. The summed E-state index contributed by atoms with van der Waals surface area (Å²) in [6.07, 6.45) is 0.620. The van der Waals surface area contributed by atoms with Gasteiger partial charge in [-0.3, -0.25) is 0 Å². The molecule has 0 fully saturated rings. The predicted octanol–water partition coefficient (Wildman–Crippen LogP) is 1.93. The number of carboxylic acids is 1. The van der Waals surface area contributed by atoms with E-state index in [1.54, 1.807) is 25.1 Å². The average molecular weight is 298 g/mol. The van der Waals surface area contributed by atoms with Crippen molar-refractivity contribution in [2.24, 2.45) is 5.92 Å². The lowest BCUT2D eigenvalue weighted by atomic mass is 9.99. The zero-order valence-corrected chi connectivity index (χ0v) is 12.5. The number of amides is 2. The summed E-state index contributed by atoms with van der Waals surface area (Å²) in [6.45, 7) is 5.44. The number of anilines is 1. The zero-order valence-electron chi connectivity index (χ0n) is 11.7. The molecule has 0 unspecified atom stereocenters. The summed E-state index contributed by atoms with van der Waals surface area (Å²) in [4.78, 5) is 22.8. The van der Waals surface area contributed by atoms with E-state index in [0.717, 1.165) is 5.56 Å². The van der Waals surface area contributed by atoms with Gasteiger partial charge in [0.1, 0.15) is 0 Å². The van der Waals surface area contributed by atoms with Gasteiger partial charge in [-0.05, 0) is 30.5 Å². The SMILES string of the molecule is CC[C@@H](C)[C@H](NC(=O)Nc1ccc(C)c(Cl)c1)C(=O)[O-]. The summed E-state index contributed by atoms with van der Waals surface area (Å²) in [5.74, 6) is -1.51. The monoisotopic (exact) mass is 297 g/mol. The number of aliphatic carboxylic acids is 1. The zero-order chi connectivity index (χ0) is 15.3. The highest BCUT2D eigenvalue weighted by atomic mass is 35.5. The van der Waals surface area contributed by atoms with E-state index < -0.39 is 18.0 Å². The molecule has 1 aromatic rings. The summed E-state index contributed by atoms with van der Waals surface area (Å²) in [7, 11) is 0. The molecular formula is C14H18ClN2O3-. The number of carboxylic acid groups (broad SMARTS) is 1. The molecule has 5 nitrogen and oxygen atoms in total. The van der Waals surface area contributed by atoms with Crippen LogP contribution >= 0.6 is 11.6 Å². The maximum absolute atomic E-state index is 11.8. The van der Waals surface area contributed by atoms with E-state index in [9.17, 15) is 14.7 Å². The number of rotatable bonds is 5. The highest BCUT2D eigenvalue weighted by Gasteiger charge is 2.19. The molecule has 0 bridgehead atoms. The van der Waals surface area contributed by atoms with Crippen molar-refractivity contribution in [3.8, 4) is 0 Å². The Morgan fingerprint density at radius 1 is 1.40 bits per heavy atom. The Bertz CT molecular complexity index is 505. The van der Waals surface area contributed by atoms with Crippen LogP contribution in [0.2, 0.25) is 5.02 Å². The van der Waals surface area contributed by atoms with Crippen LogP contribution in [0.1, 0.15) is 25.8 Å². The minimum absolute atomic E-state index is 0.215. The molecule has 2 N–H and O–H groups in total. The predicted molar refractivity (Wildman–Crippen MR) is 76.6 cm³/mol. The first-order valence-electron chi connectivity index (χ1n) is 6.39. The molecule has 0 radical (unpaired) electrons. The van der Waals surface area contributed by atoms with Crippen LogP contribution in [-0.2, 0) is 4.79 Å². The van der Waals surface area contributed by atoms with E-state index in [2.05, 4.69) is 10.6 Å². The number of carbonyl (C=O) groups excluding carboxylic acids is 2. The average Bonchev–Trinajstić information content (AvgIpc) is 2.39. The van der Waals surface area contributed by atoms with Crippen LogP contribution in [0.3, 0.4) is 0 Å². The standard InChI is InChI=1S/C14H19ClN2O3/c1-4-8(2)12(13(18)19)17-14(20)16-10-6-5-9(3)11(15)7-10/h5-8,12H,4H2,1-3H3,(H,18,19)(H2,16,17,20)/p-1/t8-,12+/m1/s1. The van der Waals surface area contributed by atoms with Gasteiger partial charge < -0.3 is 20.5 Å². The highest BCUT2D eigenvalue weighted by molar-refractivity contribution is 6.31. The number of halogens is 1. The van der Waals surface area contributed by atoms with Crippen molar-refractivity contribution >= 4 is 29.3 Å². The molecule has 0 spiro atoms. The minimum atomic E-state index is -1.29. The van der Waals surface area contributed by atoms with E-state index in [0.29, 0.717) is 17.1 Å². The van der Waals surface area contributed by atoms with Gasteiger partial charge in [-0.25, -0.2) is 4.79 Å². The second-order valence-electron chi connectivity index (χ2n) is 4.74. The van der Waals surface area contributed by atoms with Crippen LogP contribution in [0.5, 0.6) is 0 Å². The molecule has 2 amide bonds.